The van der Waals surface area contributed by atoms with Gasteiger partial charge in [-0.2, -0.15) is 0 Å². The molecule has 1 N–H and O–H groups in total. The van der Waals surface area contributed by atoms with Crippen LogP contribution < -0.4 is 5.32 Å². The maximum Gasteiger partial charge on any atom is 0.223 e. The van der Waals surface area contributed by atoms with Gasteiger partial charge in [-0.3, -0.25) is 4.79 Å². The predicted molar refractivity (Wildman–Crippen MR) is 86.2 cm³/mol. The standard InChI is InChI=1S/C16H30N2O.ClH/c1-12-5-4-10-18(14(12)3)16(19)11-13(2)15-6-8-17-9-7-15;/h12-15,17H,4-11H2,1-3H3;1H. The van der Waals surface area contributed by atoms with Crippen LogP contribution in [0.25, 0.3) is 0 Å². The van der Waals surface area contributed by atoms with Crippen LogP contribution in [-0.4, -0.2) is 36.5 Å². The van der Waals surface area contributed by atoms with Gasteiger partial charge in [0.2, 0.25) is 5.91 Å². The molecule has 0 aromatic rings. The van der Waals surface area contributed by atoms with Gasteiger partial charge < -0.3 is 10.2 Å². The average molecular weight is 303 g/mol. The molecule has 2 aliphatic rings. The van der Waals surface area contributed by atoms with Crippen LogP contribution in [0.15, 0.2) is 0 Å². The molecule has 0 aromatic heterocycles. The number of hydrogen-bond donors (Lipinski definition) is 1. The lowest BCUT2D eigenvalue weighted by molar-refractivity contribution is -0.137. The second kappa shape index (κ2) is 8.23. The Balaban J connectivity index is 0.00000200. The van der Waals surface area contributed by atoms with Gasteiger partial charge in [-0.05, 0) is 63.5 Å². The first kappa shape index (κ1) is 17.8. The summed E-state index contributed by atoms with van der Waals surface area (Å²) in [6.45, 7) is 9.99. The minimum atomic E-state index is 0. The minimum Gasteiger partial charge on any atom is -0.340 e. The predicted octanol–water partition coefficient (Wildman–Crippen LogP) is 3.08. The zero-order chi connectivity index (χ0) is 13.8. The molecule has 0 aromatic carbocycles. The molecular formula is C16H31ClN2O. The largest absolute Gasteiger partial charge is 0.340 e. The number of carbonyl (C=O) groups is 1. The van der Waals surface area contributed by atoms with E-state index in [-0.39, 0.29) is 12.4 Å². The highest BCUT2D eigenvalue weighted by atomic mass is 35.5. The molecule has 118 valence electrons. The van der Waals surface area contributed by atoms with Gasteiger partial charge in [0.1, 0.15) is 0 Å². The molecular weight excluding hydrogens is 272 g/mol. The molecule has 2 aliphatic heterocycles. The van der Waals surface area contributed by atoms with Gasteiger partial charge >= 0.3 is 0 Å². The van der Waals surface area contributed by atoms with Crippen molar-refractivity contribution in [3.63, 3.8) is 0 Å². The number of piperidine rings is 2. The first-order valence-electron chi connectivity index (χ1n) is 8.09. The summed E-state index contributed by atoms with van der Waals surface area (Å²) in [5, 5.41) is 3.40. The molecule has 0 bridgehead atoms. The lowest BCUT2D eigenvalue weighted by Crippen LogP contribution is -2.46. The van der Waals surface area contributed by atoms with Crippen molar-refractivity contribution in [2.45, 2.75) is 58.9 Å². The van der Waals surface area contributed by atoms with Crippen molar-refractivity contribution in [2.75, 3.05) is 19.6 Å². The average Bonchev–Trinajstić information content (AvgIpc) is 2.42. The third kappa shape index (κ3) is 4.36. The normalized spacial score (nSPS) is 29.6. The number of hydrogen-bond acceptors (Lipinski definition) is 2. The Labute approximate surface area is 130 Å². The molecule has 2 fully saturated rings. The molecule has 3 atom stereocenters. The highest BCUT2D eigenvalue weighted by Crippen LogP contribution is 2.28. The van der Waals surface area contributed by atoms with Crippen LogP contribution in [0.1, 0.15) is 52.9 Å². The molecule has 3 nitrogen and oxygen atoms in total. The van der Waals surface area contributed by atoms with Crippen molar-refractivity contribution in [3.8, 4) is 0 Å². The van der Waals surface area contributed by atoms with Gasteiger partial charge in [-0.15, -0.1) is 12.4 Å². The molecule has 0 saturated carbocycles. The quantitative estimate of drug-likeness (QED) is 0.869. The van der Waals surface area contributed by atoms with Crippen molar-refractivity contribution in [2.24, 2.45) is 17.8 Å². The second-order valence-corrected chi connectivity index (χ2v) is 6.72. The number of amides is 1. The molecule has 2 rings (SSSR count). The van der Waals surface area contributed by atoms with Gasteiger partial charge in [0.15, 0.2) is 0 Å². The monoisotopic (exact) mass is 302 g/mol. The number of nitrogens with zero attached hydrogens (tertiary/aromatic N) is 1. The zero-order valence-electron chi connectivity index (χ0n) is 13.2. The highest BCUT2D eigenvalue weighted by molar-refractivity contribution is 5.85. The van der Waals surface area contributed by atoms with Gasteiger partial charge in [0, 0.05) is 19.0 Å². The number of halogens is 1. The van der Waals surface area contributed by atoms with E-state index in [0.717, 1.165) is 32.0 Å². The molecule has 4 heteroatoms. The first-order valence-corrected chi connectivity index (χ1v) is 8.09. The van der Waals surface area contributed by atoms with Crippen molar-refractivity contribution in [1.82, 2.24) is 10.2 Å². The summed E-state index contributed by atoms with van der Waals surface area (Å²) in [5.74, 6) is 2.33. The molecule has 2 heterocycles. The van der Waals surface area contributed by atoms with E-state index in [1.807, 2.05) is 0 Å². The van der Waals surface area contributed by atoms with Crippen molar-refractivity contribution in [1.29, 1.82) is 0 Å². The van der Waals surface area contributed by atoms with E-state index in [4.69, 9.17) is 0 Å². The first-order chi connectivity index (χ1) is 9.09. The summed E-state index contributed by atoms with van der Waals surface area (Å²) < 4.78 is 0. The molecule has 20 heavy (non-hydrogen) atoms. The van der Waals surface area contributed by atoms with Crippen molar-refractivity contribution < 1.29 is 4.79 Å². The van der Waals surface area contributed by atoms with Crippen LogP contribution in [0.2, 0.25) is 0 Å². The van der Waals surface area contributed by atoms with E-state index in [9.17, 15) is 4.79 Å². The summed E-state index contributed by atoms with van der Waals surface area (Å²) >= 11 is 0. The molecule has 2 saturated heterocycles. The molecule has 0 radical (unpaired) electrons. The van der Waals surface area contributed by atoms with Crippen molar-refractivity contribution >= 4 is 18.3 Å². The summed E-state index contributed by atoms with van der Waals surface area (Å²) in [4.78, 5) is 14.7. The number of likely N-dealkylation sites (tertiary alicyclic amines) is 1. The fraction of sp³-hybridized carbons (Fsp3) is 0.938. The van der Waals surface area contributed by atoms with Crippen LogP contribution in [0.3, 0.4) is 0 Å². The SMILES string of the molecule is CC(CC(=O)N1CCCC(C)C1C)C1CCNCC1.Cl. The van der Waals surface area contributed by atoms with E-state index in [1.165, 1.54) is 25.7 Å². The van der Waals surface area contributed by atoms with Gasteiger partial charge in [0.25, 0.3) is 0 Å². The van der Waals surface area contributed by atoms with Crippen LogP contribution in [0, 0.1) is 17.8 Å². The minimum absolute atomic E-state index is 0. The van der Waals surface area contributed by atoms with Crippen LogP contribution in [0.5, 0.6) is 0 Å². The van der Waals surface area contributed by atoms with E-state index in [0.29, 0.717) is 23.8 Å². The van der Waals surface area contributed by atoms with Gasteiger partial charge in [0.05, 0.1) is 0 Å². The fourth-order valence-corrected chi connectivity index (χ4v) is 3.66. The van der Waals surface area contributed by atoms with Crippen LogP contribution in [0.4, 0.5) is 0 Å². The molecule has 1 amide bonds. The third-order valence-corrected chi connectivity index (χ3v) is 5.38. The Hall–Kier alpha value is -0.280. The number of nitrogens with one attached hydrogen (secondary N) is 1. The smallest absolute Gasteiger partial charge is 0.223 e. The molecule has 0 spiro atoms. The van der Waals surface area contributed by atoms with E-state index >= 15 is 0 Å². The van der Waals surface area contributed by atoms with Crippen molar-refractivity contribution in [3.05, 3.63) is 0 Å². The third-order valence-electron chi connectivity index (χ3n) is 5.38. The zero-order valence-corrected chi connectivity index (χ0v) is 14.0. The lowest BCUT2D eigenvalue weighted by Gasteiger charge is -2.39. The summed E-state index contributed by atoms with van der Waals surface area (Å²) in [6, 6.07) is 0.432. The Bertz CT molecular complexity index is 305. The second-order valence-electron chi connectivity index (χ2n) is 6.72. The van der Waals surface area contributed by atoms with Gasteiger partial charge in [-0.25, -0.2) is 0 Å². The highest BCUT2D eigenvalue weighted by Gasteiger charge is 2.30. The Morgan fingerprint density at radius 3 is 2.55 bits per heavy atom. The molecule has 0 aliphatic carbocycles. The van der Waals surface area contributed by atoms with Gasteiger partial charge in [-0.1, -0.05) is 13.8 Å². The summed E-state index contributed by atoms with van der Waals surface area (Å²) in [5.41, 5.74) is 0. The van der Waals surface area contributed by atoms with E-state index in [2.05, 4.69) is 31.0 Å². The number of carbonyl (C=O) groups excluding carboxylic acids is 1. The maximum absolute atomic E-state index is 12.5. The van der Waals surface area contributed by atoms with Crippen LogP contribution >= 0.6 is 12.4 Å². The maximum atomic E-state index is 12.5. The van der Waals surface area contributed by atoms with E-state index in [1.54, 1.807) is 0 Å². The van der Waals surface area contributed by atoms with Crippen LogP contribution in [-0.2, 0) is 4.79 Å². The lowest BCUT2D eigenvalue weighted by atomic mass is 9.83. The molecule has 3 unspecified atom stereocenters. The Morgan fingerprint density at radius 1 is 1.25 bits per heavy atom. The summed E-state index contributed by atoms with van der Waals surface area (Å²) in [7, 11) is 0. The van der Waals surface area contributed by atoms with E-state index < -0.39 is 0 Å². The fourth-order valence-electron chi connectivity index (χ4n) is 3.66. The topological polar surface area (TPSA) is 32.3 Å². The Morgan fingerprint density at radius 2 is 1.90 bits per heavy atom. The number of rotatable bonds is 3. The Kier molecular flexibility index (Phi) is 7.32. The summed E-state index contributed by atoms with van der Waals surface area (Å²) in [6.07, 6.45) is 5.68.